The van der Waals surface area contributed by atoms with Crippen LogP contribution in [-0.4, -0.2) is 15.0 Å². The van der Waals surface area contributed by atoms with E-state index in [0.717, 1.165) is 0 Å². The Balaban J connectivity index is 2.59. The molecule has 0 N–H and O–H groups in total. The zero-order valence-electron chi connectivity index (χ0n) is 4.87. The smallest absolute Gasteiger partial charge is 0.249 e. The van der Waals surface area contributed by atoms with Crippen molar-refractivity contribution < 1.29 is 4.74 Å². The Bertz CT molecular complexity index is 192. The molecule has 0 radical (unpaired) electrons. The molecular weight excluding hydrogens is 175 g/mol. The summed E-state index contributed by atoms with van der Waals surface area (Å²) in [4.78, 5) is 7.39. The molecular formula is C5H4Cl2N2O. The summed E-state index contributed by atoms with van der Waals surface area (Å²) in [5.41, 5.74) is 0. The van der Waals surface area contributed by atoms with Gasteiger partial charge in [0.25, 0.3) is 0 Å². The van der Waals surface area contributed by atoms with Crippen molar-refractivity contribution in [2.75, 3.05) is 0 Å². The maximum Gasteiger partial charge on any atom is 0.249 e. The van der Waals surface area contributed by atoms with Crippen LogP contribution in [0.2, 0.25) is 0 Å². The predicted molar refractivity (Wildman–Crippen MR) is 38.2 cm³/mol. The average molecular weight is 179 g/mol. The van der Waals surface area contributed by atoms with Crippen LogP contribution >= 0.6 is 23.2 Å². The monoisotopic (exact) mass is 178 g/mol. The minimum Gasteiger partial charge on any atom is -0.444 e. The zero-order chi connectivity index (χ0) is 7.40. The topological polar surface area (TPSA) is 35.0 Å². The molecule has 0 aliphatic carbocycles. The van der Waals surface area contributed by atoms with Crippen LogP contribution in [0.4, 0.5) is 0 Å². The van der Waals surface area contributed by atoms with Crippen molar-refractivity contribution in [3.05, 3.63) is 18.6 Å². The lowest BCUT2D eigenvalue weighted by molar-refractivity contribution is 0.339. The van der Waals surface area contributed by atoms with Crippen LogP contribution in [0.5, 0.6) is 5.88 Å². The van der Waals surface area contributed by atoms with Crippen LogP contribution in [0.1, 0.15) is 0 Å². The second-order valence-electron chi connectivity index (χ2n) is 1.43. The first-order valence-electron chi connectivity index (χ1n) is 2.50. The Morgan fingerprint density at radius 1 is 1.50 bits per heavy atom. The third kappa shape index (κ3) is 2.37. The number of alkyl halides is 2. The Morgan fingerprint density at radius 3 is 2.80 bits per heavy atom. The van der Waals surface area contributed by atoms with E-state index in [-0.39, 0.29) is 0 Å². The van der Waals surface area contributed by atoms with Gasteiger partial charge in [-0.25, -0.2) is 9.97 Å². The second kappa shape index (κ2) is 3.58. The molecule has 0 aromatic carbocycles. The average Bonchev–Trinajstić information content (AvgIpc) is 1.88. The molecule has 0 spiro atoms. The third-order valence-electron chi connectivity index (χ3n) is 0.765. The highest BCUT2D eigenvalue weighted by Gasteiger charge is 1.99. The first-order chi connectivity index (χ1) is 4.79. The van der Waals surface area contributed by atoms with Gasteiger partial charge in [0.2, 0.25) is 10.9 Å². The normalized spacial score (nSPS) is 9.90. The minimum absolute atomic E-state index is 0.366. The molecule has 1 aromatic heterocycles. The van der Waals surface area contributed by atoms with Gasteiger partial charge >= 0.3 is 0 Å². The summed E-state index contributed by atoms with van der Waals surface area (Å²) in [5.74, 6) is 0.366. The number of aromatic nitrogens is 2. The maximum absolute atomic E-state index is 5.30. The quantitative estimate of drug-likeness (QED) is 0.647. The SMILES string of the molecule is ClC(Cl)Oc1ccncn1. The molecule has 5 heteroatoms. The first-order valence-corrected chi connectivity index (χ1v) is 3.37. The van der Waals surface area contributed by atoms with Gasteiger partial charge in [0, 0.05) is 12.3 Å². The second-order valence-corrected chi connectivity index (χ2v) is 2.44. The number of hydrogen-bond donors (Lipinski definition) is 0. The summed E-state index contributed by atoms with van der Waals surface area (Å²) in [6.45, 7) is 0. The van der Waals surface area contributed by atoms with Gasteiger partial charge in [0.15, 0.2) is 0 Å². The summed E-state index contributed by atoms with van der Waals surface area (Å²) >= 11 is 10.6. The molecule has 0 atom stereocenters. The van der Waals surface area contributed by atoms with Gasteiger partial charge in [-0.1, -0.05) is 23.2 Å². The van der Waals surface area contributed by atoms with E-state index in [1.54, 1.807) is 12.3 Å². The lowest BCUT2D eigenvalue weighted by Gasteiger charge is -2.02. The Labute approximate surface area is 68.0 Å². The Hall–Kier alpha value is -0.540. The zero-order valence-corrected chi connectivity index (χ0v) is 6.38. The fourth-order valence-corrected chi connectivity index (χ4v) is 0.622. The molecule has 1 aromatic rings. The molecule has 1 rings (SSSR count). The maximum atomic E-state index is 5.30. The van der Waals surface area contributed by atoms with Crippen LogP contribution in [0.3, 0.4) is 0 Å². The summed E-state index contributed by atoms with van der Waals surface area (Å²) in [5, 5.41) is -0.880. The van der Waals surface area contributed by atoms with Gasteiger partial charge in [0.05, 0.1) is 0 Å². The molecule has 10 heavy (non-hydrogen) atoms. The Kier molecular flexibility index (Phi) is 2.71. The summed E-state index contributed by atoms with van der Waals surface area (Å²) in [6.07, 6.45) is 2.89. The van der Waals surface area contributed by atoms with E-state index >= 15 is 0 Å². The largest absolute Gasteiger partial charge is 0.444 e. The van der Waals surface area contributed by atoms with Crippen molar-refractivity contribution in [3.8, 4) is 5.88 Å². The lowest BCUT2D eigenvalue weighted by atomic mass is 10.6. The number of nitrogens with zero attached hydrogens (tertiary/aromatic N) is 2. The van der Waals surface area contributed by atoms with Crippen molar-refractivity contribution in [2.45, 2.75) is 5.02 Å². The van der Waals surface area contributed by atoms with Crippen molar-refractivity contribution >= 4 is 23.2 Å². The van der Waals surface area contributed by atoms with E-state index in [1.165, 1.54) is 6.33 Å². The van der Waals surface area contributed by atoms with Gasteiger partial charge in [0.1, 0.15) is 6.33 Å². The number of ether oxygens (including phenoxy) is 1. The van der Waals surface area contributed by atoms with Gasteiger partial charge < -0.3 is 4.74 Å². The number of hydrogen-bond acceptors (Lipinski definition) is 3. The van der Waals surface area contributed by atoms with Crippen molar-refractivity contribution in [1.82, 2.24) is 9.97 Å². The van der Waals surface area contributed by atoms with Crippen molar-refractivity contribution in [3.63, 3.8) is 0 Å². The molecule has 0 saturated heterocycles. The lowest BCUT2D eigenvalue weighted by Crippen LogP contribution is -2.00. The predicted octanol–water partition coefficient (Wildman–Crippen LogP) is 1.62. The third-order valence-corrected chi connectivity index (χ3v) is 0.943. The van der Waals surface area contributed by atoms with Crippen LogP contribution in [-0.2, 0) is 0 Å². The van der Waals surface area contributed by atoms with Gasteiger partial charge in [-0.05, 0) is 0 Å². The Morgan fingerprint density at radius 2 is 2.30 bits per heavy atom. The van der Waals surface area contributed by atoms with Gasteiger partial charge in [-0.2, -0.15) is 0 Å². The summed E-state index contributed by atoms with van der Waals surface area (Å²) in [6, 6.07) is 1.57. The number of rotatable bonds is 2. The minimum atomic E-state index is -0.880. The van der Waals surface area contributed by atoms with Crippen LogP contribution < -0.4 is 4.74 Å². The molecule has 54 valence electrons. The van der Waals surface area contributed by atoms with Gasteiger partial charge in [-0.15, -0.1) is 0 Å². The van der Waals surface area contributed by atoms with E-state index in [1.807, 2.05) is 0 Å². The van der Waals surface area contributed by atoms with E-state index in [4.69, 9.17) is 27.9 Å². The standard InChI is InChI=1S/C5H4Cl2N2O/c6-5(7)10-4-1-2-8-3-9-4/h1-3,5H. The van der Waals surface area contributed by atoms with Crippen LogP contribution in [0.15, 0.2) is 18.6 Å². The summed E-state index contributed by atoms with van der Waals surface area (Å²) in [7, 11) is 0. The molecule has 0 amide bonds. The molecule has 1 heterocycles. The van der Waals surface area contributed by atoms with Crippen molar-refractivity contribution in [2.24, 2.45) is 0 Å². The van der Waals surface area contributed by atoms with Gasteiger partial charge in [-0.3, -0.25) is 0 Å². The molecule has 0 bridgehead atoms. The molecule has 0 fully saturated rings. The van der Waals surface area contributed by atoms with E-state index < -0.39 is 5.02 Å². The molecule has 0 aliphatic heterocycles. The fraction of sp³-hybridized carbons (Fsp3) is 0.200. The molecule has 3 nitrogen and oxygen atoms in total. The molecule has 0 aliphatic rings. The van der Waals surface area contributed by atoms with E-state index in [0.29, 0.717) is 5.88 Å². The highest BCUT2D eigenvalue weighted by molar-refractivity contribution is 6.43. The van der Waals surface area contributed by atoms with Crippen molar-refractivity contribution in [1.29, 1.82) is 0 Å². The number of halogens is 2. The van der Waals surface area contributed by atoms with Crippen LogP contribution in [0, 0.1) is 0 Å². The highest BCUT2D eigenvalue weighted by atomic mass is 35.5. The fourth-order valence-electron chi connectivity index (χ4n) is 0.440. The highest BCUT2D eigenvalue weighted by Crippen LogP contribution is 2.09. The van der Waals surface area contributed by atoms with E-state index in [9.17, 15) is 0 Å². The molecule has 0 unspecified atom stereocenters. The summed E-state index contributed by atoms with van der Waals surface area (Å²) < 4.78 is 4.79. The molecule has 0 saturated carbocycles. The first kappa shape index (κ1) is 7.57. The van der Waals surface area contributed by atoms with Crippen LogP contribution in [0.25, 0.3) is 0 Å². The van der Waals surface area contributed by atoms with E-state index in [2.05, 4.69) is 9.97 Å².